The highest BCUT2D eigenvalue weighted by atomic mass is 79.9. The first-order valence-electron chi connectivity index (χ1n) is 8.00. The molecule has 0 aliphatic carbocycles. The molecule has 1 aromatic carbocycles. The van der Waals surface area contributed by atoms with Crippen LogP contribution in [0.5, 0.6) is 5.75 Å². The summed E-state index contributed by atoms with van der Waals surface area (Å²) in [4.78, 5) is 27.1. The van der Waals surface area contributed by atoms with Crippen molar-refractivity contribution in [3.63, 3.8) is 0 Å². The van der Waals surface area contributed by atoms with E-state index in [1.807, 2.05) is 31.2 Å². The van der Waals surface area contributed by atoms with Crippen molar-refractivity contribution in [2.45, 2.75) is 13.3 Å². The Morgan fingerprint density at radius 3 is 2.46 bits per heavy atom. The fourth-order valence-electron chi connectivity index (χ4n) is 1.93. The Morgan fingerprint density at radius 2 is 1.83 bits per heavy atom. The number of nitrogens with zero attached hydrogens (tertiary/aromatic N) is 2. The van der Waals surface area contributed by atoms with Crippen LogP contribution in [0.25, 0.3) is 0 Å². The Morgan fingerprint density at radius 1 is 1.17 bits per heavy atom. The van der Waals surface area contributed by atoms with Gasteiger partial charge in [-0.05, 0) is 37.7 Å². The van der Waals surface area contributed by atoms with Gasteiger partial charge in [0.2, 0.25) is 11.8 Å². The number of halogens is 1. The van der Waals surface area contributed by atoms with Crippen molar-refractivity contribution >= 4 is 27.7 Å². The highest BCUT2D eigenvalue weighted by molar-refractivity contribution is 9.10. The van der Waals surface area contributed by atoms with Gasteiger partial charge in [0.1, 0.15) is 12.4 Å². The van der Waals surface area contributed by atoms with Crippen LogP contribution in [0.2, 0.25) is 0 Å². The second-order valence-corrected chi connectivity index (χ2v) is 6.56. The molecule has 2 amide bonds. The summed E-state index contributed by atoms with van der Waals surface area (Å²) in [6, 6.07) is 7.55. The predicted molar refractivity (Wildman–Crippen MR) is 98.1 cm³/mol. The smallest absolute Gasteiger partial charge is 0.236 e. The molecule has 0 unspecified atom stereocenters. The maximum atomic E-state index is 12.1. The zero-order chi connectivity index (χ0) is 17.9. The van der Waals surface area contributed by atoms with Crippen LogP contribution in [-0.2, 0) is 9.59 Å². The number of ether oxygens (including phenoxy) is 1. The number of amides is 2. The summed E-state index contributed by atoms with van der Waals surface area (Å²) in [6.45, 7) is 3.99. The van der Waals surface area contributed by atoms with E-state index in [9.17, 15) is 9.59 Å². The third-order valence-corrected chi connectivity index (χ3v) is 3.85. The molecule has 0 aliphatic heterocycles. The first-order valence-corrected chi connectivity index (χ1v) is 8.79. The van der Waals surface area contributed by atoms with E-state index in [0.717, 1.165) is 16.6 Å². The Kier molecular flexibility index (Phi) is 9.41. The van der Waals surface area contributed by atoms with Crippen molar-refractivity contribution in [1.29, 1.82) is 0 Å². The molecule has 134 valence electrons. The second-order valence-electron chi connectivity index (χ2n) is 5.64. The summed E-state index contributed by atoms with van der Waals surface area (Å²) >= 11 is 3.37. The molecule has 0 atom stereocenters. The minimum Gasteiger partial charge on any atom is -0.492 e. The number of carbonyl (C=O) groups excluding carboxylic acids is 2. The van der Waals surface area contributed by atoms with Gasteiger partial charge >= 0.3 is 0 Å². The van der Waals surface area contributed by atoms with Crippen LogP contribution >= 0.6 is 15.9 Å². The van der Waals surface area contributed by atoms with Gasteiger partial charge in [0.15, 0.2) is 0 Å². The number of hydrogen-bond acceptors (Lipinski definition) is 4. The number of nitrogens with one attached hydrogen (secondary N) is 1. The van der Waals surface area contributed by atoms with E-state index in [0.29, 0.717) is 19.7 Å². The van der Waals surface area contributed by atoms with Crippen LogP contribution in [0.4, 0.5) is 0 Å². The molecule has 0 saturated heterocycles. The van der Waals surface area contributed by atoms with Crippen LogP contribution < -0.4 is 10.1 Å². The minimum atomic E-state index is -0.0617. The molecule has 0 saturated carbocycles. The van der Waals surface area contributed by atoms with Crippen molar-refractivity contribution in [1.82, 2.24) is 15.1 Å². The van der Waals surface area contributed by atoms with E-state index in [1.54, 1.807) is 23.9 Å². The average molecular weight is 400 g/mol. The lowest BCUT2D eigenvalue weighted by atomic mass is 10.3. The van der Waals surface area contributed by atoms with Crippen LogP contribution in [0.15, 0.2) is 28.7 Å². The molecular formula is C17H26BrN3O3. The first-order chi connectivity index (χ1) is 11.4. The van der Waals surface area contributed by atoms with Gasteiger partial charge < -0.3 is 15.0 Å². The summed E-state index contributed by atoms with van der Waals surface area (Å²) in [7, 11) is 3.49. The lowest BCUT2D eigenvalue weighted by Gasteiger charge is -2.21. The van der Waals surface area contributed by atoms with Crippen LogP contribution in [0.3, 0.4) is 0 Å². The highest BCUT2D eigenvalue weighted by Crippen LogP contribution is 2.15. The maximum absolute atomic E-state index is 12.1. The Bertz CT molecular complexity index is 522. The normalized spacial score (nSPS) is 10.5. The van der Waals surface area contributed by atoms with Crippen LogP contribution in [0, 0.1) is 0 Å². The monoisotopic (exact) mass is 399 g/mol. The summed E-state index contributed by atoms with van der Waals surface area (Å²) in [6.07, 6.45) is 0.898. The molecule has 0 heterocycles. The molecule has 1 rings (SSSR count). The molecule has 6 nitrogen and oxygen atoms in total. The van der Waals surface area contributed by atoms with Crippen molar-refractivity contribution in [2.24, 2.45) is 0 Å². The molecule has 0 aliphatic rings. The van der Waals surface area contributed by atoms with Gasteiger partial charge in [0.25, 0.3) is 0 Å². The SMILES string of the molecule is CCCNC(=O)CN(C)CC(=O)N(C)CCOc1ccc(Br)cc1. The van der Waals surface area contributed by atoms with E-state index in [4.69, 9.17) is 4.74 Å². The van der Waals surface area contributed by atoms with Gasteiger partial charge in [-0.2, -0.15) is 0 Å². The fraction of sp³-hybridized carbons (Fsp3) is 0.529. The molecule has 7 heteroatoms. The van der Waals surface area contributed by atoms with E-state index >= 15 is 0 Å². The summed E-state index contributed by atoms with van der Waals surface area (Å²) in [5, 5.41) is 2.79. The van der Waals surface area contributed by atoms with E-state index in [-0.39, 0.29) is 24.9 Å². The van der Waals surface area contributed by atoms with Gasteiger partial charge in [-0.3, -0.25) is 14.5 Å². The molecule has 0 fully saturated rings. The summed E-state index contributed by atoms with van der Waals surface area (Å²) < 4.78 is 6.60. The van der Waals surface area contributed by atoms with Crippen molar-refractivity contribution < 1.29 is 14.3 Å². The molecule has 1 aromatic rings. The van der Waals surface area contributed by atoms with Gasteiger partial charge in [0.05, 0.1) is 19.6 Å². The summed E-state index contributed by atoms with van der Waals surface area (Å²) in [5.41, 5.74) is 0. The largest absolute Gasteiger partial charge is 0.492 e. The van der Waals surface area contributed by atoms with E-state index < -0.39 is 0 Å². The predicted octanol–water partition coefficient (Wildman–Crippen LogP) is 1.74. The van der Waals surface area contributed by atoms with Crippen molar-refractivity contribution in [3.8, 4) is 5.75 Å². The van der Waals surface area contributed by atoms with Crippen molar-refractivity contribution in [3.05, 3.63) is 28.7 Å². The number of benzene rings is 1. The molecule has 0 bridgehead atoms. The molecule has 0 aromatic heterocycles. The standard InChI is InChI=1S/C17H26BrN3O3/c1-4-9-19-16(22)12-20(2)13-17(23)21(3)10-11-24-15-7-5-14(18)6-8-15/h5-8H,4,9-13H2,1-3H3,(H,19,22). The molecule has 24 heavy (non-hydrogen) atoms. The number of likely N-dealkylation sites (N-methyl/N-ethyl adjacent to an activating group) is 2. The number of rotatable bonds is 10. The van der Waals surface area contributed by atoms with Crippen LogP contribution in [0.1, 0.15) is 13.3 Å². The average Bonchev–Trinajstić information content (AvgIpc) is 2.54. The zero-order valence-corrected chi connectivity index (χ0v) is 16.1. The van der Waals surface area contributed by atoms with Gasteiger partial charge in [-0.25, -0.2) is 0 Å². The third-order valence-electron chi connectivity index (χ3n) is 3.33. The number of carbonyl (C=O) groups is 2. The maximum Gasteiger partial charge on any atom is 0.236 e. The fourth-order valence-corrected chi connectivity index (χ4v) is 2.19. The third kappa shape index (κ3) is 8.31. The summed E-state index contributed by atoms with van der Waals surface area (Å²) in [5.74, 6) is 0.664. The van der Waals surface area contributed by atoms with Gasteiger partial charge in [0, 0.05) is 18.1 Å². The highest BCUT2D eigenvalue weighted by Gasteiger charge is 2.14. The molecule has 1 N–H and O–H groups in total. The Balaban J connectivity index is 2.26. The Hall–Kier alpha value is -1.60. The van der Waals surface area contributed by atoms with Gasteiger partial charge in [-0.1, -0.05) is 22.9 Å². The number of hydrogen-bond donors (Lipinski definition) is 1. The topological polar surface area (TPSA) is 61.9 Å². The molecule has 0 spiro atoms. The quantitative estimate of drug-likeness (QED) is 0.650. The zero-order valence-electron chi connectivity index (χ0n) is 14.5. The van der Waals surface area contributed by atoms with Crippen molar-refractivity contribution in [2.75, 3.05) is 46.9 Å². The molecule has 0 radical (unpaired) electrons. The Labute approximate surface area is 152 Å². The second kappa shape index (κ2) is 11.0. The lowest BCUT2D eigenvalue weighted by Crippen LogP contribution is -2.42. The van der Waals surface area contributed by atoms with E-state index in [1.165, 1.54) is 0 Å². The minimum absolute atomic E-state index is 0.0415. The van der Waals surface area contributed by atoms with Gasteiger partial charge in [-0.15, -0.1) is 0 Å². The van der Waals surface area contributed by atoms with Crippen LogP contribution in [-0.4, -0.2) is 68.5 Å². The van der Waals surface area contributed by atoms with E-state index in [2.05, 4.69) is 21.2 Å². The molecular weight excluding hydrogens is 374 g/mol. The lowest BCUT2D eigenvalue weighted by molar-refractivity contribution is -0.131. The first kappa shape index (κ1) is 20.4.